The number of ether oxygens (including phenoxy) is 1. The fourth-order valence-corrected chi connectivity index (χ4v) is 3.48. The molecule has 0 amide bonds. The Bertz CT molecular complexity index is 779. The van der Waals surface area contributed by atoms with Gasteiger partial charge in [0.1, 0.15) is 17.4 Å². The van der Waals surface area contributed by atoms with Crippen LogP contribution in [0.25, 0.3) is 0 Å². The van der Waals surface area contributed by atoms with Crippen molar-refractivity contribution < 1.29 is 13.5 Å². The van der Waals surface area contributed by atoms with E-state index < -0.39 is 11.6 Å². The minimum Gasteiger partial charge on any atom is -0.497 e. The molecule has 1 atom stereocenters. The topological polar surface area (TPSA) is 36.5 Å². The van der Waals surface area contributed by atoms with Gasteiger partial charge in [0.25, 0.3) is 0 Å². The first-order valence-electron chi connectivity index (χ1n) is 8.94. The Morgan fingerprint density at radius 1 is 1.15 bits per heavy atom. The summed E-state index contributed by atoms with van der Waals surface area (Å²) in [7, 11) is 1.65. The number of methoxy groups -OCH3 is 1. The van der Waals surface area contributed by atoms with Crippen molar-refractivity contribution in [2.45, 2.75) is 18.9 Å². The monoisotopic (exact) mass is 391 g/mol. The Morgan fingerprint density at radius 3 is 2.48 bits per heavy atom. The minimum atomic E-state index is -0.676. The zero-order chi connectivity index (χ0) is 19.2. The molecule has 1 saturated heterocycles. The summed E-state index contributed by atoms with van der Waals surface area (Å²) in [4.78, 5) is 2.41. The lowest BCUT2D eigenvalue weighted by atomic mass is 10.1. The van der Waals surface area contributed by atoms with E-state index in [1.54, 1.807) is 7.11 Å². The predicted molar refractivity (Wildman–Crippen MR) is 107 cm³/mol. The number of likely N-dealkylation sites (tertiary alicyclic amines) is 1. The van der Waals surface area contributed by atoms with Crippen molar-refractivity contribution in [1.29, 1.82) is 0 Å². The molecule has 2 aromatic carbocycles. The second kappa shape index (κ2) is 9.10. The highest BCUT2D eigenvalue weighted by Gasteiger charge is 2.23. The molecule has 1 fully saturated rings. The first kappa shape index (κ1) is 19.5. The number of nitrogens with zero attached hydrogens (tertiary/aromatic N) is 1. The lowest BCUT2D eigenvalue weighted by Gasteiger charge is -2.29. The van der Waals surface area contributed by atoms with E-state index in [0.29, 0.717) is 11.7 Å². The average Bonchev–Trinajstić information content (AvgIpc) is 3.19. The Balaban J connectivity index is 1.65. The van der Waals surface area contributed by atoms with E-state index in [-0.39, 0.29) is 11.7 Å². The van der Waals surface area contributed by atoms with Crippen LogP contribution in [0.15, 0.2) is 42.5 Å². The Hall–Kier alpha value is -2.25. The fourth-order valence-electron chi connectivity index (χ4n) is 3.28. The van der Waals surface area contributed by atoms with Crippen molar-refractivity contribution in [2.75, 3.05) is 32.1 Å². The van der Waals surface area contributed by atoms with Crippen LogP contribution in [0.4, 0.5) is 14.5 Å². The highest BCUT2D eigenvalue weighted by Crippen LogP contribution is 2.26. The van der Waals surface area contributed by atoms with Gasteiger partial charge in [-0.15, -0.1) is 0 Å². The number of rotatable bonds is 6. The Morgan fingerprint density at radius 2 is 1.85 bits per heavy atom. The molecule has 144 valence electrons. The summed E-state index contributed by atoms with van der Waals surface area (Å²) in [6, 6.07) is 11.5. The Kier molecular flexibility index (Phi) is 6.58. The summed E-state index contributed by atoms with van der Waals surface area (Å²) in [6.07, 6.45) is 2.35. The second-order valence-corrected chi connectivity index (χ2v) is 6.90. The molecule has 0 spiro atoms. The number of anilines is 1. The van der Waals surface area contributed by atoms with E-state index in [1.807, 2.05) is 12.1 Å². The summed E-state index contributed by atoms with van der Waals surface area (Å²) < 4.78 is 32.0. The first-order valence-corrected chi connectivity index (χ1v) is 9.35. The maximum absolute atomic E-state index is 13.8. The summed E-state index contributed by atoms with van der Waals surface area (Å²) in [5, 5.41) is 6.26. The largest absolute Gasteiger partial charge is 0.497 e. The molecule has 1 heterocycles. The lowest BCUT2D eigenvalue weighted by molar-refractivity contribution is 0.246. The molecule has 0 bridgehead atoms. The average molecular weight is 391 g/mol. The van der Waals surface area contributed by atoms with Crippen molar-refractivity contribution in [2.24, 2.45) is 0 Å². The maximum atomic E-state index is 13.8. The fraction of sp³-hybridized carbons (Fsp3) is 0.350. The van der Waals surface area contributed by atoms with Gasteiger partial charge in [0, 0.05) is 12.6 Å². The van der Waals surface area contributed by atoms with E-state index in [0.717, 1.165) is 24.9 Å². The van der Waals surface area contributed by atoms with Crippen molar-refractivity contribution >= 4 is 23.0 Å². The molecule has 0 radical (unpaired) electrons. The third kappa shape index (κ3) is 5.14. The molecule has 0 aromatic heterocycles. The van der Waals surface area contributed by atoms with Gasteiger partial charge < -0.3 is 15.4 Å². The molecule has 1 aliphatic heterocycles. The number of nitrogens with one attached hydrogen (secondary N) is 2. The quantitative estimate of drug-likeness (QED) is 0.725. The summed E-state index contributed by atoms with van der Waals surface area (Å²) >= 11 is 5.29. The van der Waals surface area contributed by atoms with Crippen LogP contribution in [-0.2, 0) is 0 Å². The number of benzene rings is 2. The molecular formula is C20H23F2N3OS. The molecule has 2 N–H and O–H groups in total. The molecule has 7 heteroatoms. The van der Waals surface area contributed by atoms with E-state index >= 15 is 0 Å². The number of halogens is 2. The van der Waals surface area contributed by atoms with Crippen LogP contribution < -0.4 is 15.4 Å². The molecule has 0 aliphatic carbocycles. The summed E-state index contributed by atoms with van der Waals surface area (Å²) in [6.45, 7) is 2.65. The highest BCUT2D eigenvalue weighted by atomic mass is 32.1. The van der Waals surface area contributed by atoms with Crippen LogP contribution >= 0.6 is 12.2 Å². The van der Waals surface area contributed by atoms with Crippen LogP contribution in [0, 0.1) is 11.6 Å². The van der Waals surface area contributed by atoms with Crippen molar-refractivity contribution in [1.82, 2.24) is 10.2 Å². The van der Waals surface area contributed by atoms with Gasteiger partial charge in [-0.2, -0.15) is 0 Å². The zero-order valence-electron chi connectivity index (χ0n) is 15.2. The zero-order valence-corrected chi connectivity index (χ0v) is 16.0. The molecule has 4 nitrogen and oxygen atoms in total. The van der Waals surface area contributed by atoms with Gasteiger partial charge in [-0.05, 0) is 68.0 Å². The molecular weight excluding hydrogens is 368 g/mol. The van der Waals surface area contributed by atoms with Gasteiger partial charge >= 0.3 is 0 Å². The van der Waals surface area contributed by atoms with Gasteiger partial charge in [-0.25, -0.2) is 8.78 Å². The van der Waals surface area contributed by atoms with Crippen LogP contribution in [0.2, 0.25) is 0 Å². The second-order valence-electron chi connectivity index (χ2n) is 6.49. The minimum absolute atomic E-state index is 0.149. The van der Waals surface area contributed by atoms with E-state index in [1.165, 1.54) is 30.5 Å². The van der Waals surface area contributed by atoms with Gasteiger partial charge in [-0.1, -0.05) is 12.1 Å². The van der Waals surface area contributed by atoms with Gasteiger partial charge in [-0.3, -0.25) is 4.90 Å². The van der Waals surface area contributed by atoms with Crippen molar-refractivity contribution in [3.05, 3.63) is 59.7 Å². The molecule has 27 heavy (non-hydrogen) atoms. The van der Waals surface area contributed by atoms with E-state index in [4.69, 9.17) is 17.0 Å². The smallest absolute Gasteiger partial charge is 0.170 e. The van der Waals surface area contributed by atoms with Gasteiger partial charge in [0.15, 0.2) is 5.11 Å². The third-order valence-corrected chi connectivity index (χ3v) is 4.96. The highest BCUT2D eigenvalue weighted by molar-refractivity contribution is 7.80. The van der Waals surface area contributed by atoms with Crippen LogP contribution in [0.3, 0.4) is 0 Å². The van der Waals surface area contributed by atoms with Crippen molar-refractivity contribution in [3.63, 3.8) is 0 Å². The molecule has 2 aromatic rings. The van der Waals surface area contributed by atoms with E-state index in [9.17, 15) is 8.78 Å². The predicted octanol–water partition coefficient (Wildman–Crippen LogP) is 4.10. The summed E-state index contributed by atoms with van der Waals surface area (Å²) in [5.74, 6) is -0.480. The molecule has 0 saturated carbocycles. The van der Waals surface area contributed by atoms with Crippen LogP contribution in [0.5, 0.6) is 5.75 Å². The van der Waals surface area contributed by atoms with Crippen LogP contribution in [0.1, 0.15) is 24.4 Å². The third-order valence-electron chi connectivity index (χ3n) is 4.72. The number of hydrogen-bond acceptors (Lipinski definition) is 3. The lowest BCUT2D eigenvalue weighted by Crippen LogP contribution is -2.38. The number of thiocarbonyl (C=S) groups is 1. The normalized spacial score (nSPS) is 15.4. The SMILES string of the molecule is COc1ccc([C@H](CNC(=S)Nc2ccc(F)cc2F)N2CCCC2)cc1. The van der Waals surface area contributed by atoms with Gasteiger partial charge in [0.05, 0.1) is 18.8 Å². The number of hydrogen-bond donors (Lipinski definition) is 2. The molecule has 1 aliphatic rings. The maximum Gasteiger partial charge on any atom is 0.170 e. The van der Waals surface area contributed by atoms with Gasteiger partial charge in [0.2, 0.25) is 0 Å². The summed E-state index contributed by atoms with van der Waals surface area (Å²) in [5.41, 5.74) is 1.32. The standard InChI is InChI=1S/C20H23F2N3OS/c1-26-16-7-4-14(5-8-16)19(25-10-2-3-11-25)13-23-20(27)24-18-9-6-15(21)12-17(18)22/h4-9,12,19H,2-3,10-11,13H2,1H3,(H2,23,24,27)/t19-/m0/s1. The first-order chi connectivity index (χ1) is 13.1. The van der Waals surface area contributed by atoms with Crippen molar-refractivity contribution in [3.8, 4) is 5.75 Å². The van der Waals surface area contributed by atoms with Crippen LogP contribution in [-0.4, -0.2) is 36.8 Å². The molecule has 0 unspecified atom stereocenters. The Labute approximate surface area is 163 Å². The molecule has 3 rings (SSSR count). The van der Waals surface area contributed by atoms with E-state index in [2.05, 4.69) is 27.7 Å².